The maximum Gasteiger partial charge on any atom is 0.0942 e. The molecule has 0 bridgehead atoms. The molecule has 5 rings (SSSR count). The molecule has 1 aliphatic rings. The van der Waals surface area contributed by atoms with Gasteiger partial charge in [0.15, 0.2) is 0 Å². The molecule has 2 nitrogen and oxygen atoms in total. The minimum Gasteiger partial charge on any atom is -0.359 e. The van der Waals surface area contributed by atoms with E-state index in [4.69, 9.17) is 4.74 Å². The molecule has 0 aromatic heterocycles. The van der Waals surface area contributed by atoms with Crippen molar-refractivity contribution >= 4 is 48.9 Å². The monoisotopic (exact) mass is 631 g/mol. The van der Waals surface area contributed by atoms with Gasteiger partial charge in [-0.1, -0.05) is 89.9 Å². The Morgan fingerprint density at radius 2 is 1.11 bits per heavy atom. The lowest BCUT2D eigenvalue weighted by Crippen LogP contribution is -2.31. The lowest BCUT2D eigenvalue weighted by atomic mass is 9.81. The van der Waals surface area contributed by atoms with Gasteiger partial charge in [0, 0.05) is 25.9 Å². The summed E-state index contributed by atoms with van der Waals surface area (Å²) in [5.74, 6) is 0. The predicted octanol–water partition coefficient (Wildman–Crippen LogP) is 11.4. The van der Waals surface area contributed by atoms with E-state index < -0.39 is 0 Å². The van der Waals surface area contributed by atoms with Gasteiger partial charge in [-0.2, -0.15) is 0 Å². The minimum atomic E-state index is -0.247. The molecule has 4 aromatic carbocycles. The standard InChI is InChI=1S/C34H35Br2NO/c1-5-33(6-2)30-22-13-24(23-31(30)34(7-3,8-4)38-33)29-11-9-10-12-32(29)37(27-18-14-25(35)15-19-27)28-20-16-26(36)17-21-28/h9-23H,5-8H2,1-4H3. The quantitative estimate of drug-likeness (QED) is 0.191. The Morgan fingerprint density at radius 1 is 0.605 bits per heavy atom. The third kappa shape index (κ3) is 4.65. The van der Waals surface area contributed by atoms with E-state index in [2.05, 4.69) is 155 Å². The van der Waals surface area contributed by atoms with E-state index in [0.29, 0.717) is 0 Å². The molecule has 0 spiro atoms. The average Bonchev–Trinajstić information content (AvgIpc) is 3.25. The first kappa shape index (κ1) is 27.2. The summed E-state index contributed by atoms with van der Waals surface area (Å²) in [6, 6.07) is 32.8. The van der Waals surface area contributed by atoms with E-state index in [1.165, 1.54) is 22.3 Å². The van der Waals surface area contributed by atoms with Crippen LogP contribution in [0.2, 0.25) is 0 Å². The van der Waals surface area contributed by atoms with Crippen molar-refractivity contribution in [2.45, 2.75) is 64.6 Å². The molecule has 1 heterocycles. The number of fused-ring (bicyclic) bond motifs is 1. The van der Waals surface area contributed by atoms with Crippen molar-refractivity contribution in [3.63, 3.8) is 0 Å². The molecule has 4 aromatic rings. The number of rotatable bonds is 8. The van der Waals surface area contributed by atoms with Gasteiger partial charge in [-0.25, -0.2) is 0 Å². The fourth-order valence-corrected chi connectivity index (χ4v) is 6.57. The third-order valence-electron chi connectivity index (χ3n) is 8.30. The largest absolute Gasteiger partial charge is 0.359 e. The summed E-state index contributed by atoms with van der Waals surface area (Å²) in [6.45, 7) is 9.04. The van der Waals surface area contributed by atoms with Crippen LogP contribution in [0.5, 0.6) is 0 Å². The molecule has 0 saturated carbocycles. The Morgan fingerprint density at radius 3 is 1.63 bits per heavy atom. The summed E-state index contributed by atoms with van der Waals surface area (Å²) >= 11 is 7.21. The van der Waals surface area contributed by atoms with Crippen LogP contribution in [-0.2, 0) is 15.9 Å². The first-order valence-electron chi connectivity index (χ1n) is 13.7. The highest BCUT2D eigenvalue weighted by Gasteiger charge is 2.49. The summed E-state index contributed by atoms with van der Waals surface area (Å²) in [4.78, 5) is 2.34. The second kappa shape index (κ2) is 11.0. The van der Waals surface area contributed by atoms with Gasteiger partial charge in [0.05, 0.1) is 16.9 Å². The van der Waals surface area contributed by atoms with Crippen LogP contribution in [0.4, 0.5) is 17.1 Å². The Kier molecular flexibility index (Phi) is 7.86. The van der Waals surface area contributed by atoms with Crippen LogP contribution in [0.3, 0.4) is 0 Å². The van der Waals surface area contributed by atoms with Crippen molar-refractivity contribution in [3.8, 4) is 11.1 Å². The van der Waals surface area contributed by atoms with E-state index in [1.807, 2.05) is 0 Å². The van der Waals surface area contributed by atoms with E-state index in [-0.39, 0.29) is 11.2 Å². The van der Waals surface area contributed by atoms with Crippen LogP contribution in [0.25, 0.3) is 11.1 Å². The average molecular weight is 633 g/mol. The maximum absolute atomic E-state index is 7.01. The molecule has 0 atom stereocenters. The van der Waals surface area contributed by atoms with Gasteiger partial charge >= 0.3 is 0 Å². The first-order valence-corrected chi connectivity index (χ1v) is 15.2. The van der Waals surface area contributed by atoms with Gasteiger partial charge < -0.3 is 9.64 Å². The normalized spacial score (nSPS) is 15.3. The van der Waals surface area contributed by atoms with Gasteiger partial charge in [-0.15, -0.1) is 0 Å². The highest BCUT2D eigenvalue weighted by Crippen LogP contribution is 2.55. The Hall–Kier alpha value is -2.40. The van der Waals surface area contributed by atoms with Gasteiger partial charge in [-0.3, -0.25) is 0 Å². The van der Waals surface area contributed by atoms with Crippen LogP contribution < -0.4 is 4.90 Å². The number of nitrogens with zero attached hydrogens (tertiary/aromatic N) is 1. The van der Waals surface area contributed by atoms with E-state index >= 15 is 0 Å². The van der Waals surface area contributed by atoms with Crippen molar-refractivity contribution in [3.05, 3.63) is 111 Å². The first-order chi connectivity index (χ1) is 18.4. The second-order valence-corrected chi connectivity index (χ2v) is 11.9. The Labute approximate surface area is 244 Å². The number of ether oxygens (including phenoxy) is 1. The molecule has 4 heteroatoms. The molecule has 0 saturated heterocycles. The number of para-hydroxylation sites is 1. The summed E-state index contributed by atoms with van der Waals surface area (Å²) in [6.07, 6.45) is 3.89. The summed E-state index contributed by atoms with van der Waals surface area (Å²) < 4.78 is 9.14. The van der Waals surface area contributed by atoms with Gasteiger partial charge in [0.25, 0.3) is 0 Å². The smallest absolute Gasteiger partial charge is 0.0942 e. The summed E-state index contributed by atoms with van der Waals surface area (Å²) in [7, 11) is 0. The number of benzene rings is 4. The molecule has 0 radical (unpaired) electrons. The summed E-state index contributed by atoms with van der Waals surface area (Å²) in [5, 5.41) is 0. The van der Waals surface area contributed by atoms with Crippen LogP contribution in [0.1, 0.15) is 64.5 Å². The Balaban J connectivity index is 1.71. The van der Waals surface area contributed by atoms with Crippen molar-refractivity contribution in [2.24, 2.45) is 0 Å². The van der Waals surface area contributed by atoms with Crippen molar-refractivity contribution in [1.82, 2.24) is 0 Å². The van der Waals surface area contributed by atoms with Crippen molar-refractivity contribution in [2.75, 3.05) is 4.90 Å². The number of hydrogen-bond donors (Lipinski definition) is 0. The van der Waals surface area contributed by atoms with Gasteiger partial charge in [0.2, 0.25) is 0 Å². The molecular formula is C34H35Br2NO. The van der Waals surface area contributed by atoms with Crippen LogP contribution in [0.15, 0.2) is 99.9 Å². The number of anilines is 3. The van der Waals surface area contributed by atoms with Crippen LogP contribution in [0, 0.1) is 0 Å². The fourth-order valence-electron chi connectivity index (χ4n) is 6.04. The molecule has 196 valence electrons. The molecule has 0 N–H and O–H groups in total. The Bertz CT molecular complexity index is 1360. The lowest BCUT2D eigenvalue weighted by molar-refractivity contribution is -0.151. The predicted molar refractivity (Wildman–Crippen MR) is 168 cm³/mol. The molecule has 0 fully saturated rings. The topological polar surface area (TPSA) is 12.5 Å². The second-order valence-electron chi connectivity index (χ2n) is 10.1. The zero-order valence-corrected chi connectivity index (χ0v) is 25.8. The van der Waals surface area contributed by atoms with Crippen molar-refractivity contribution < 1.29 is 4.74 Å². The molecule has 0 unspecified atom stereocenters. The van der Waals surface area contributed by atoms with Gasteiger partial charge in [-0.05, 0) is 103 Å². The van der Waals surface area contributed by atoms with E-state index in [0.717, 1.165) is 51.7 Å². The summed E-state index contributed by atoms with van der Waals surface area (Å²) in [5.41, 5.74) is 8.06. The molecule has 0 amide bonds. The fraction of sp³-hybridized carbons (Fsp3) is 0.294. The minimum absolute atomic E-state index is 0.208. The highest BCUT2D eigenvalue weighted by molar-refractivity contribution is 9.10. The van der Waals surface area contributed by atoms with Crippen LogP contribution >= 0.6 is 31.9 Å². The highest BCUT2D eigenvalue weighted by atomic mass is 79.9. The van der Waals surface area contributed by atoms with Crippen LogP contribution in [-0.4, -0.2) is 0 Å². The number of hydrogen-bond acceptors (Lipinski definition) is 2. The molecule has 38 heavy (non-hydrogen) atoms. The molecular weight excluding hydrogens is 598 g/mol. The third-order valence-corrected chi connectivity index (χ3v) is 9.36. The molecule has 0 aliphatic carbocycles. The lowest BCUT2D eigenvalue weighted by Gasteiger charge is -2.34. The SMILES string of the molecule is CCC1(CC)OC(CC)(CC)c2cc(-c3ccccc3N(c3ccc(Br)cc3)c3ccc(Br)cc3)ccc21. The maximum atomic E-state index is 7.01. The van der Waals surface area contributed by atoms with E-state index in [9.17, 15) is 0 Å². The zero-order valence-electron chi connectivity index (χ0n) is 22.6. The van der Waals surface area contributed by atoms with E-state index in [1.54, 1.807) is 0 Å². The van der Waals surface area contributed by atoms with Gasteiger partial charge in [0.1, 0.15) is 0 Å². The number of halogens is 2. The zero-order chi connectivity index (χ0) is 26.9. The molecule has 1 aliphatic heterocycles. The van der Waals surface area contributed by atoms with Crippen molar-refractivity contribution in [1.29, 1.82) is 0 Å².